The van der Waals surface area contributed by atoms with E-state index in [9.17, 15) is 9.59 Å². The topological polar surface area (TPSA) is 62.7 Å². The monoisotopic (exact) mass is 335 g/mol. The number of hydrogen-bond donors (Lipinski definition) is 0. The second kappa shape index (κ2) is 6.84. The molecule has 0 radical (unpaired) electrons. The van der Waals surface area contributed by atoms with E-state index in [4.69, 9.17) is 4.74 Å². The van der Waals surface area contributed by atoms with E-state index < -0.39 is 11.6 Å². The second-order valence-electron chi connectivity index (χ2n) is 6.34. The Morgan fingerprint density at radius 2 is 2.00 bits per heavy atom. The Morgan fingerprint density at radius 1 is 1.25 bits per heavy atom. The largest absolute Gasteiger partial charge is 0.378 e. The van der Waals surface area contributed by atoms with Crippen molar-refractivity contribution < 1.29 is 18.7 Å². The van der Waals surface area contributed by atoms with E-state index in [2.05, 4.69) is 4.98 Å². The fourth-order valence-corrected chi connectivity index (χ4v) is 3.29. The highest BCUT2D eigenvalue weighted by atomic mass is 19.1. The molecule has 0 aliphatic carbocycles. The molecule has 6 nitrogen and oxygen atoms in total. The number of aryl methyl sites for hydroxylation is 1. The molecule has 0 saturated carbocycles. The third-order valence-electron chi connectivity index (χ3n) is 4.65. The minimum absolute atomic E-state index is 0.152. The van der Waals surface area contributed by atoms with Crippen LogP contribution in [0.5, 0.6) is 0 Å². The smallest absolute Gasteiger partial charge is 0.262 e. The highest BCUT2D eigenvalue weighted by molar-refractivity contribution is 5.96. The quantitative estimate of drug-likeness (QED) is 0.815. The van der Waals surface area contributed by atoms with Crippen molar-refractivity contribution in [1.82, 2.24) is 14.8 Å². The van der Waals surface area contributed by atoms with Gasteiger partial charge in [0.25, 0.3) is 11.8 Å². The van der Waals surface area contributed by atoms with Gasteiger partial charge in [0.2, 0.25) is 5.67 Å². The number of piperidine rings is 1. The van der Waals surface area contributed by atoms with Crippen molar-refractivity contribution in [3.63, 3.8) is 0 Å². The number of rotatable bonds is 2. The molecule has 0 spiro atoms. The van der Waals surface area contributed by atoms with Crippen molar-refractivity contribution in [2.45, 2.75) is 25.4 Å². The molecule has 1 aromatic heterocycles. The first-order chi connectivity index (χ1) is 11.5. The molecule has 24 heavy (non-hydrogen) atoms. The van der Waals surface area contributed by atoms with Gasteiger partial charge in [-0.25, -0.2) is 4.39 Å². The SMILES string of the molecule is Cc1ncccc1C(=O)N1CCCC(F)(C(=O)N2CCOCC2)C1. The van der Waals surface area contributed by atoms with Gasteiger partial charge >= 0.3 is 0 Å². The van der Waals surface area contributed by atoms with Gasteiger partial charge in [-0.05, 0) is 31.9 Å². The first kappa shape index (κ1) is 16.8. The maximum Gasteiger partial charge on any atom is 0.262 e. The molecule has 2 aliphatic heterocycles. The molecule has 0 aromatic carbocycles. The van der Waals surface area contributed by atoms with Gasteiger partial charge in [0.1, 0.15) is 0 Å². The second-order valence-corrected chi connectivity index (χ2v) is 6.34. The zero-order chi connectivity index (χ0) is 17.2. The number of pyridine rings is 1. The molecule has 2 aliphatic rings. The molecule has 7 heteroatoms. The van der Waals surface area contributed by atoms with E-state index >= 15 is 4.39 Å². The first-order valence-corrected chi connectivity index (χ1v) is 8.28. The number of alkyl halides is 1. The third kappa shape index (κ3) is 3.26. The minimum Gasteiger partial charge on any atom is -0.378 e. The van der Waals surface area contributed by atoms with Gasteiger partial charge in [0.05, 0.1) is 25.3 Å². The summed E-state index contributed by atoms with van der Waals surface area (Å²) >= 11 is 0. The average molecular weight is 335 g/mol. The Bertz CT molecular complexity index is 633. The van der Waals surface area contributed by atoms with Crippen LogP contribution in [-0.2, 0) is 9.53 Å². The zero-order valence-electron chi connectivity index (χ0n) is 13.8. The van der Waals surface area contributed by atoms with Gasteiger partial charge in [0, 0.05) is 31.5 Å². The van der Waals surface area contributed by atoms with Crippen LogP contribution in [0.1, 0.15) is 28.9 Å². The molecule has 0 N–H and O–H groups in total. The van der Waals surface area contributed by atoms with Crippen LogP contribution in [0.4, 0.5) is 4.39 Å². The number of carbonyl (C=O) groups is 2. The van der Waals surface area contributed by atoms with Crippen molar-refractivity contribution in [1.29, 1.82) is 0 Å². The summed E-state index contributed by atoms with van der Waals surface area (Å²) in [6, 6.07) is 3.37. The summed E-state index contributed by atoms with van der Waals surface area (Å²) in [6.07, 6.45) is 2.24. The fourth-order valence-electron chi connectivity index (χ4n) is 3.29. The molecular formula is C17H22FN3O3. The maximum atomic E-state index is 15.3. The summed E-state index contributed by atoms with van der Waals surface area (Å²) in [6.45, 7) is 3.67. The molecule has 1 atom stereocenters. The fraction of sp³-hybridized carbons (Fsp3) is 0.588. The van der Waals surface area contributed by atoms with Crippen molar-refractivity contribution in [3.05, 3.63) is 29.6 Å². The molecule has 1 unspecified atom stereocenters. The van der Waals surface area contributed by atoms with E-state index in [1.54, 1.807) is 25.3 Å². The Hall–Kier alpha value is -2.02. The number of likely N-dealkylation sites (tertiary alicyclic amines) is 1. The van der Waals surface area contributed by atoms with Crippen LogP contribution in [0.25, 0.3) is 0 Å². The molecule has 2 fully saturated rings. The summed E-state index contributed by atoms with van der Waals surface area (Å²) in [5, 5.41) is 0. The molecule has 2 saturated heterocycles. The standard InChI is InChI=1S/C17H22FN3O3/c1-13-14(4-2-6-19-13)15(22)21-7-3-5-17(18,12-21)16(23)20-8-10-24-11-9-20/h2,4,6H,3,5,7-12H2,1H3. The molecule has 0 bridgehead atoms. The van der Waals surface area contributed by atoms with Crippen molar-refractivity contribution >= 4 is 11.8 Å². The number of aromatic nitrogens is 1. The van der Waals surface area contributed by atoms with Crippen molar-refractivity contribution in [2.24, 2.45) is 0 Å². The maximum absolute atomic E-state index is 15.3. The molecule has 2 amide bonds. The minimum atomic E-state index is -2.01. The molecule has 130 valence electrons. The Labute approximate surface area is 140 Å². The normalized spacial score (nSPS) is 24.8. The van der Waals surface area contributed by atoms with Crippen LogP contribution in [0.3, 0.4) is 0 Å². The Morgan fingerprint density at radius 3 is 2.71 bits per heavy atom. The highest BCUT2D eigenvalue weighted by Gasteiger charge is 2.46. The summed E-state index contributed by atoms with van der Waals surface area (Å²) in [4.78, 5) is 32.3. The molecule has 3 heterocycles. The zero-order valence-corrected chi connectivity index (χ0v) is 13.8. The van der Waals surface area contributed by atoms with Crippen LogP contribution in [0.15, 0.2) is 18.3 Å². The molecule has 3 rings (SSSR count). The van der Waals surface area contributed by atoms with Gasteiger partial charge in [-0.3, -0.25) is 14.6 Å². The number of carbonyl (C=O) groups excluding carboxylic acids is 2. The van der Waals surface area contributed by atoms with Gasteiger partial charge in [-0.1, -0.05) is 0 Å². The number of morpholine rings is 1. The summed E-state index contributed by atoms with van der Waals surface area (Å²) in [7, 11) is 0. The van der Waals surface area contributed by atoms with E-state index in [0.717, 1.165) is 0 Å². The number of ether oxygens (including phenoxy) is 1. The predicted octanol–water partition coefficient (Wildman–Crippen LogP) is 1.19. The van der Waals surface area contributed by atoms with Crippen molar-refractivity contribution in [3.8, 4) is 0 Å². The lowest BCUT2D eigenvalue weighted by Crippen LogP contribution is -2.58. The van der Waals surface area contributed by atoms with Crippen LogP contribution in [0.2, 0.25) is 0 Å². The van der Waals surface area contributed by atoms with E-state index in [0.29, 0.717) is 50.5 Å². The lowest BCUT2D eigenvalue weighted by Gasteiger charge is -2.40. The van der Waals surface area contributed by atoms with Gasteiger partial charge < -0.3 is 14.5 Å². The highest BCUT2D eigenvalue weighted by Crippen LogP contribution is 2.29. The number of hydrogen-bond acceptors (Lipinski definition) is 4. The van der Waals surface area contributed by atoms with Gasteiger partial charge in [-0.15, -0.1) is 0 Å². The summed E-state index contributed by atoms with van der Waals surface area (Å²) in [5.41, 5.74) is -0.945. The van der Waals surface area contributed by atoms with Gasteiger partial charge in [0.15, 0.2) is 0 Å². The third-order valence-corrected chi connectivity index (χ3v) is 4.65. The molecular weight excluding hydrogens is 313 g/mol. The van der Waals surface area contributed by atoms with Crippen LogP contribution in [-0.4, -0.2) is 71.7 Å². The van der Waals surface area contributed by atoms with E-state index in [1.807, 2.05) is 0 Å². The first-order valence-electron chi connectivity index (χ1n) is 8.28. The van der Waals surface area contributed by atoms with E-state index in [1.165, 1.54) is 9.80 Å². The number of nitrogens with zero attached hydrogens (tertiary/aromatic N) is 3. The van der Waals surface area contributed by atoms with Crippen molar-refractivity contribution in [2.75, 3.05) is 39.4 Å². The van der Waals surface area contributed by atoms with E-state index in [-0.39, 0.29) is 18.9 Å². The van der Waals surface area contributed by atoms with Gasteiger partial charge in [-0.2, -0.15) is 0 Å². The summed E-state index contributed by atoms with van der Waals surface area (Å²) < 4.78 is 20.5. The lowest BCUT2D eigenvalue weighted by molar-refractivity contribution is -0.151. The average Bonchev–Trinajstić information content (AvgIpc) is 2.62. The van der Waals surface area contributed by atoms with Crippen LogP contribution in [0, 0.1) is 6.92 Å². The Balaban J connectivity index is 1.74. The number of amides is 2. The van der Waals surface area contributed by atoms with Crippen LogP contribution < -0.4 is 0 Å². The summed E-state index contributed by atoms with van der Waals surface area (Å²) in [5.74, 6) is -0.789. The Kier molecular flexibility index (Phi) is 4.80. The predicted molar refractivity (Wildman–Crippen MR) is 85.3 cm³/mol. The number of halogens is 1. The van der Waals surface area contributed by atoms with Crippen LogP contribution >= 0.6 is 0 Å². The lowest BCUT2D eigenvalue weighted by atomic mass is 9.92. The molecule has 1 aromatic rings.